The van der Waals surface area contributed by atoms with Crippen molar-refractivity contribution < 1.29 is 22.0 Å². The number of aromatic nitrogens is 4. The lowest BCUT2D eigenvalue weighted by Gasteiger charge is -2.05. The van der Waals surface area contributed by atoms with Crippen LogP contribution in [0.5, 0.6) is 0 Å². The van der Waals surface area contributed by atoms with Crippen molar-refractivity contribution >= 4 is 28.3 Å². The lowest BCUT2D eigenvalue weighted by atomic mass is 10.3. The molecule has 0 aliphatic heterocycles. The van der Waals surface area contributed by atoms with Crippen LogP contribution in [0.15, 0.2) is 32.1 Å². The Balaban J connectivity index is 1.93. The minimum absolute atomic E-state index is 0.0304. The monoisotopic (exact) mass is 404 g/mol. The summed E-state index contributed by atoms with van der Waals surface area (Å²) >= 11 is 5.74. The first-order valence-corrected chi connectivity index (χ1v) is 8.51. The number of anilines is 1. The third-order valence-electron chi connectivity index (χ3n) is 3.12. The van der Waals surface area contributed by atoms with E-state index in [1.54, 1.807) is 0 Å². The first-order valence-electron chi connectivity index (χ1n) is 6.96. The average Bonchev–Trinajstić information content (AvgIpc) is 3.20. The van der Waals surface area contributed by atoms with Crippen LogP contribution in [-0.4, -0.2) is 41.5 Å². The summed E-state index contributed by atoms with van der Waals surface area (Å²) in [5.41, 5.74) is 0.222. The largest absolute Gasteiger partial charge is 0.446 e. The van der Waals surface area contributed by atoms with Crippen molar-refractivity contribution in [2.45, 2.75) is 0 Å². The second-order valence-corrected chi connectivity index (χ2v) is 6.00. The van der Waals surface area contributed by atoms with E-state index in [0.717, 1.165) is 10.6 Å². The van der Waals surface area contributed by atoms with Crippen LogP contribution in [0.3, 0.4) is 0 Å². The van der Waals surface area contributed by atoms with Crippen LogP contribution in [-0.2, 0) is 10.9 Å². The molecule has 0 amide bonds. The van der Waals surface area contributed by atoms with E-state index in [0.29, 0.717) is 0 Å². The van der Waals surface area contributed by atoms with E-state index in [1.165, 1.54) is 12.1 Å². The van der Waals surface area contributed by atoms with E-state index in [1.807, 2.05) is 0 Å². The molecule has 138 valence electrons. The summed E-state index contributed by atoms with van der Waals surface area (Å²) in [6, 6.07) is 3.60. The molecule has 3 rings (SSSR count). The Labute approximate surface area is 150 Å². The zero-order valence-corrected chi connectivity index (χ0v) is 14.3. The summed E-state index contributed by atoms with van der Waals surface area (Å²) in [6.07, 6.45) is 0. The fourth-order valence-corrected chi connectivity index (χ4v) is 2.50. The third-order valence-corrected chi connectivity index (χ3v) is 3.90. The van der Waals surface area contributed by atoms with Crippen molar-refractivity contribution in [1.29, 1.82) is 0 Å². The summed E-state index contributed by atoms with van der Waals surface area (Å²) in [5.74, 6) is -1.48. The highest BCUT2D eigenvalue weighted by molar-refractivity contribution is 7.70. The van der Waals surface area contributed by atoms with Crippen molar-refractivity contribution in [2.24, 2.45) is 0 Å². The standard InChI is InChI=1S/C12H10ClFN6O5S/c13-7-5-6(1-2-8(7)14)20-11(19-24-12(20)21)9-10(18-25-17-9)15-3-4-16-26(22)23/h1-2,5,26H,3-4H2,(H,15,18)(H,16,22,23). The van der Waals surface area contributed by atoms with Gasteiger partial charge < -0.3 is 5.32 Å². The van der Waals surface area contributed by atoms with E-state index in [4.69, 9.17) is 11.6 Å². The van der Waals surface area contributed by atoms with Gasteiger partial charge in [-0.25, -0.2) is 31.5 Å². The minimum atomic E-state index is -2.72. The summed E-state index contributed by atoms with van der Waals surface area (Å²) in [4.78, 5) is 12.0. The van der Waals surface area contributed by atoms with Crippen LogP contribution in [0, 0.1) is 5.82 Å². The number of thiol groups is 1. The predicted octanol–water partition coefficient (Wildman–Crippen LogP) is 0.196. The quantitative estimate of drug-likeness (QED) is 0.371. The molecule has 14 heteroatoms. The van der Waals surface area contributed by atoms with Crippen molar-refractivity contribution in [3.05, 3.63) is 39.6 Å². The molecule has 3 aromatic rings. The molecule has 0 saturated carbocycles. The van der Waals surface area contributed by atoms with Gasteiger partial charge in [0.1, 0.15) is 5.82 Å². The Bertz CT molecular complexity index is 1050. The van der Waals surface area contributed by atoms with Crippen LogP contribution < -0.4 is 15.8 Å². The molecule has 0 bridgehead atoms. The zero-order chi connectivity index (χ0) is 18.7. The minimum Gasteiger partial charge on any atom is -0.364 e. The van der Waals surface area contributed by atoms with Crippen molar-refractivity contribution in [1.82, 2.24) is 24.8 Å². The molecule has 0 fully saturated rings. The van der Waals surface area contributed by atoms with Crippen LogP contribution in [0.2, 0.25) is 5.02 Å². The molecular weight excluding hydrogens is 395 g/mol. The third kappa shape index (κ3) is 3.74. The topological polar surface area (TPSA) is 145 Å². The summed E-state index contributed by atoms with van der Waals surface area (Å²) in [6.45, 7) is 0.249. The molecule has 0 atom stereocenters. The van der Waals surface area contributed by atoms with Gasteiger partial charge in [-0.05, 0) is 28.5 Å². The van der Waals surface area contributed by atoms with Gasteiger partial charge in [-0.2, -0.15) is 0 Å². The highest BCUT2D eigenvalue weighted by atomic mass is 35.5. The van der Waals surface area contributed by atoms with E-state index in [-0.39, 0.29) is 41.1 Å². The Morgan fingerprint density at radius 3 is 2.77 bits per heavy atom. The maximum absolute atomic E-state index is 13.4. The maximum atomic E-state index is 13.4. The van der Waals surface area contributed by atoms with Crippen molar-refractivity contribution in [3.8, 4) is 17.2 Å². The lowest BCUT2D eigenvalue weighted by molar-refractivity contribution is 0.309. The van der Waals surface area contributed by atoms with Gasteiger partial charge in [-0.15, -0.1) is 0 Å². The van der Waals surface area contributed by atoms with Crippen LogP contribution in [0.1, 0.15) is 0 Å². The highest BCUT2D eigenvalue weighted by Gasteiger charge is 2.23. The predicted molar refractivity (Wildman–Crippen MR) is 87.2 cm³/mol. The molecule has 2 N–H and O–H groups in total. The Kier molecular flexibility index (Phi) is 5.29. The van der Waals surface area contributed by atoms with Gasteiger partial charge in [0.05, 0.1) is 10.7 Å². The molecule has 1 aromatic carbocycles. The van der Waals surface area contributed by atoms with Crippen LogP contribution in [0.4, 0.5) is 10.2 Å². The molecular formula is C12H10ClFN6O5S. The summed E-state index contributed by atoms with van der Waals surface area (Å²) < 4.78 is 46.7. The Morgan fingerprint density at radius 1 is 1.23 bits per heavy atom. The second-order valence-electron chi connectivity index (χ2n) is 4.76. The lowest BCUT2D eigenvalue weighted by Crippen LogP contribution is -2.21. The molecule has 0 aliphatic carbocycles. The van der Waals surface area contributed by atoms with E-state index >= 15 is 0 Å². The van der Waals surface area contributed by atoms with E-state index in [2.05, 4.69) is 34.7 Å². The first-order chi connectivity index (χ1) is 12.5. The number of rotatable bonds is 7. The molecule has 11 nitrogen and oxygen atoms in total. The molecule has 26 heavy (non-hydrogen) atoms. The number of hydrogen-bond acceptors (Lipinski definition) is 9. The number of benzene rings is 1. The fraction of sp³-hybridized carbons (Fsp3) is 0.167. The number of hydrogen-bond donors (Lipinski definition) is 3. The van der Waals surface area contributed by atoms with Gasteiger partial charge >= 0.3 is 5.76 Å². The normalized spacial score (nSPS) is 11.2. The summed E-state index contributed by atoms with van der Waals surface area (Å²) in [7, 11) is -2.72. The molecule has 0 radical (unpaired) electrons. The van der Waals surface area contributed by atoms with Gasteiger partial charge in [-0.1, -0.05) is 16.8 Å². The van der Waals surface area contributed by atoms with E-state index < -0.39 is 22.5 Å². The Hall–Kier alpha value is -2.77. The van der Waals surface area contributed by atoms with E-state index in [9.17, 15) is 17.6 Å². The number of nitrogens with one attached hydrogen (secondary N) is 2. The van der Waals surface area contributed by atoms with Gasteiger partial charge in [-0.3, -0.25) is 4.52 Å². The smallest absolute Gasteiger partial charge is 0.364 e. The average molecular weight is 405 g/mol. The molecule has 0 unspecified atom stereocenters. The molecule has 2 aromatic heterocycles. The fourth-order valence-electron chi connectivity index (χ4n) is 2.03. The summed E-state index contributed by atoms with van der Waals surface area (Å²) in [5, 5.41) is 13.5. The SMILES string of the molecule is O=c1onc(-c2nonc2NCCN[SH](=O)=O)n1-c1ccc(F)c(Cl)c1. The van der Waals surface area contributed by atoms with Crippen molar-refractivity contribution in [3.63, 3.8) is 0 Å². The van der Waals surface area contributed by atoms with Crippen molar-refractivity contribution in [2.75, 3.05) is 18.4 Å². The van der Waals surface area contributed by atoms with Crippen LogP contribution in [0.25, 0.3) is 17.2 Å². The van der Waals surface area contributed by atoms with Gasteiger partial charge in [0, 0.05) is 13.1 Å². The molecule has 0 aliphatic rings. The number of halogens is 2. The van der Waals surface area contributed by atoms with Crippen LogP contribution >= 0.6 is 11.6 Å². The van der Waals surface area contributed by atoms with Gasteiger partial charge in [0.15, 0.2) is 5.69 Å². The van der Waals surface area contributed by atoms with Gasteiger partial charge in [0.25, 0.3) is 0 Å². The highest BCUT2D eigenvalue weighted by Crippen LogP contribution is 2.25. The first kappa shape index (κ1) is 18.0. The molecule has 0 spiro atoms. The number of nitrogens with zero attached hydrogens (tertiary/aromatic N) is 4. The van der Waals surface area contributed by atoms with Gasteiger partial charge in [0.2, 0.25) is 22.5 Å². The Morgan fingerprint density at radius 2 is 2.04 bits per heavy atom. The second kappa shape index (κ2) is 7.63. The zero-order valence-electron chi connectivity index (χ0n) is 12.7. The maximum Gasteiger partial charge on any atom is 0.446 e. The molecule has 0 saturated heterocycles. The molecule has 2 heterocycles.